The Morgan fingerprint density at radius 3 is 3.10 bits per heavy atom. The summed E-state index contributed by atoms with van der Waals surface area (Å²) in [5.41, 5.74) is 1.79. The number of hydrogen-bond donors (Lipinski definition) is 1. The Hall–Kier alpha value is -3.43. The van der Waals surface area contributed by atoms with Crippen LogP contribution in [0.4, 0.5) is 20.7 Å². The first-order valence-corrected chi connectivity index (χ1v) is 9.51. The normalized spacial score (nSPS) is 19.5. The number of urea groups is 1. The number of carbonyl (C=O) groups excluding carboxylic acids is 1. The lowest BCUT2D eigenvalue weighted by Crippen LogP contribution is -2.35. The van der Waals surface area contributed by atoms with E-state index in [0.717, 1.165) is 31.4 Å². The molecule has 3 aromatic rings. The van der Waals surface area contributed by atoms with E-state index in [1.54, 1.807) is 24.0 Å². The predicted octanol–water partition coefficient (Wildman–Crippen LogP) is 2.46. The fraction of sp³-hybridized carbons (Fsp3) is 0.368. The Morgan fingerprint density at radius 1 is 1.31 bits per heavy atom. The van der Waals surface area contributed by atoms with Crippen molar-refractivity contribution >= 4 is 23.2 Å². The number of pyridine rings is 1. The maximum atomic E-state index is 14.0. The number of halogens is 1. The van der Waals surface area contributed by atoms with E-state index in [9.17, 15) is 9.18 Å². The van der Waals surface area contributed by atoms with E-state index < -0.39 is 5.82 Å². The van der Waals surface area contributed by atoms with Gasteiger partial charge in [-0.05, 0) is 25.0 Å². The summed E-state index contributed by atoms with van der Waals surface area (Å²) in [6, 6.07) is 2.97. The Kier molecular flexibility index (Phi) is 4.18. The summed E-state index contributed by atoms with van der Waals surface area (Å²) in [4.78, 5) is 25.0. The van der Waals surface area contributed by atoms with Crippen LogP contribution in [0, 0.1) is 5.82 Å². The maximum absolute atomic E-state index is 14.0. The van der Waals surface area contributed by atoms with E-state index in [2.05, 4.69) is 20.3 Å². The molecule has 1 saturated heterocycles. The van der Waals surface area contributed by atoms with E-state index in [4.69, 9.17) is 9.72 Å². The molecule has 1 atom stereocenters. The molecule has 10 heteroatoms. The van der Waals surface area contributed by atoms with Gasteiger partial charge in [0.2, 0.25) is 5.88 Å². The minimum Gasteiger partial charge on any atom is -0.476 e. The molecule has 0 aromatic carbocycles. The SMILES string of the molecule is CN1CCOc2ncc(F)cc2C2CCCN2c2ccn3ncc(c3n2)NC1=O. The number of carbonyl (C=O) groups is 1. The smallest absolute Gasteiger partial charge is 0.321 e. The van der Waals surface area contributed by atoms with E-state index in [-0.39, 0.29) is 18.7 Å². The molecule has 9 nitrogen and oxygen atoms in total. The summed E-state index contributed by atoms with van der Waals surface area (Å²) in [6.45, 7) is 1.37. The van der Waals surface area contributed by atoms with Crippen molar-refractivity contribution in [3.05, 3.63) is 42.1 Å². The van der Waals surface area contributed by atoms with Crippen LogP contribution in [0.2, 0.25) is 0 Å². The van der Waals surface area contributed by atoms with Crippen molar-refractivity contribution in [3.63, 3.8) is 0 Å². The van der Waals surface area contributed by atoms with Crippen LogP contribution in [0.15, 0.2) is 30.7 Å². The highest BCUT2D eigenvalue weighted by atomic mass is 19.1. The fourth-order valence-electron chi connectivity index (χ4n) is 3.86. The van der Waals surface area contributed by atoms with Crippen molar-refractivity contribution in [2.24, 2.45) is 0 Å². The van der Waals surface area contributed by atoms with Gasteiger partial charge in [0.1, 0.15) is 23.9 Å². The van der Waals surface area contributed by atoms with Crippen LogP contribution in [0.25, 0.3) is 5.65 Å². The molecule has 0 spiro atoms. The molecule has 2 aliphatic rings. The van der Waals surface area contributed by atoms with Gasteiger partial charge in [-0.2, -0.15) is 5.10 Å². The monoisotopic (exact) mass is 397 g/mol. The van der Waals surface area contributed by atoms with Crippen LogP contribution in [0.5, 0.6) is 5.88 Å². The highest BCUT2D eigenvalue weighted by Gasteiger charge is 2.31. The fourth-order valence-corrected chi connectivity index (χ4v) is 3.86. The first-order chi connectivity index (χ1) is 14.1. The molecule has 2 aliphatic heterocycles. The molecule has 2 amide bonds. The van der Waals surface area contributed by atoms with Gasteiger partial charge in [-0.25, -0.2) is 23.7 Å². The van der Waals surface area contributed by atoms with Crippen LogP contribution < -0.4 is 15.0 Å². The van der Waals surface area contributed by atoms with Crippen molar-refractivity contribution < 1.29 is 13.9 Å². The number of amides is 2. The van der Waals surface area contributed by atoms with Crippen LogP contribution in [0.3, 0.4) is 0 Å². The van der Waals surface area contributed by atoms with Crippen LogP contribution in [0.1, 0.15) is 24.4 Å². The Balaban J connectivity index is 1.65. The second kappa shape index (κ2) is 6.87. The van der Waals surface area contributed by atoms with Crippen molar-refractivity contribution in [3.8, 4) is 5.88 Å². The molecular weight excluding hydrogens is 377 g/mol. The average molecular weight is 397 g/mol. The van der Waals surface area contributed by atoms with Gasteiger partial charge >= 0.3 is 6.03 Å². The molecular formula is C19H20FN7O2. The summed E-state index contributed by atoms with van der Waals surface area (Å²) >= 11 is 0. The van der Waals surface area contributed by atoms with Gasteiger partial charge in [0, 0.05) is 25.4 Å². The lowest BCUT2D eigenvalue weighted by atomic mass is 10.1. The molecule has 5 heterocycles. The number of anilines is 2. The molecule has 1 unspecified atom stereocenters. The molecule has 29 heavy (non-hydrogen) atoms. The summed E-state index contributed by atoms with van der Waals surface area (Å²) in [6.07, 6.45) is 6.33. The highest BCUT2D eigenvalue weighted by molar-refractivity contribution is 5.93. The predicted molar refractivity (Wildman–Crippen MR) is 104 cm³/mol. The second-order valence-electron chi connectivity index (χ2n) is 7.21. The number of fused-ring (bicyclic) bond motifs is 5. The third kappa shape index (κ3) is 3.10. The van der Waals surface area contributed by atoms with Gasteiger partial charge in [-0.1, -0.05) is 0 Å². The largest absolute Gasteiger partial charge is 0.476 e. The minimum atomic E-state index is -0.404. The second-order valence-corrected chi connectivity index (χ2v) is 7.21. The Morgan fingerprint density at radius 2 is 2.21 bits per heavy atom. The lowest BCUT2D eigenvalue weighted by molar-refractivity contribution is 0.205. The highest BCUT2D eigenvalue weighted by Crippen LogP contribution is 2.39. The van der Waals surface area contributed by atoms with Gasteiger partial charge in [0.15, 0.2) is 5.65 Å². The minimum absolute atomic E-state index is 0.0928. The van der Waals surface area contributed by atoms with Crippen LogP contribution in [-0.4, -0.2) is 57.3 Å². The number of hydrogen-bond acceptors (Lipinski definition) is 6. The Bertz CT molecular complexity index is 1090. The number of ether oxygens (including phenoxy) is 1. The number of nitrogens with zero attached hydrogens (tertiary/aromatic N) is 6. The number of aromatic nitrogens is 4. The third-order valence-corrected chi connectivity index (χ3v) is 5.36. The molecule has 3 aromatic heterocycles. The topological polar surface area (TPSA) is 87.9 Å². The summed E-state index contributed by atoms with van der Waals surface area (Å²) in [7, 11) is 1.67. The van der Waals surface area contributed by atoms with Gasteiger partial charge < -0.3 is 19.9 Å². The zero-order valence-electron chi connectivity index (χ0n) is 15.9. The number of nitrogens with one attached hydrogen (secondary N) is 1. The first-order valence-electron chi connectivity index (χ1n) is 9.51. The van der Waals surface area contributed by atoms with Crippen molar-refractivity contribution in [2.75, 3.05) is 37.0 Å². The number of rotatable bonds is 0. The van der Waals surface area contributed by atoms with E-state index in [1.807, 2.05) is 6.07 Å². The summed E-state index contributed by atoms with van der Waals surface area (Å²) in [5.74, 6) is 0.718. The summed E-state index contributed by atoms with van der Waals surface area (Å²) < 4.78 is 21.5. The van der Waals surface area contributed by atoms with Gasteiger partial charge in [-0.15, -0.1) is 0 Å². The number of likely N-dealkylation sites (N-methyl/N-ethyl adjacent to an activating group) is 1. The zero-order chi connectivity index (χ0) is 20.0. The third-order valence-electron chi connectivity index (χ3n) is 5.36. The van der Waals surface area contributed by atoms with E-state index in [0.29, 0.717) is 29.3 Å². The van der Waals surface area contributed by atoms with Crippen molar-refractivity contribution in [2.45, 2.75) is 18.9 Å². The zero-order valence-corrected chi connectivity index (χ0v) is 15.9. The standard InChI is InChI=1S/C19H20FN7O2/c1-25-7-8-29-18-13(9-12(20)10-21-18)15-3-2-5-26(15)16-4-6-27-17(24-16)14(11-22-27)23-19(25)28/h4,6,9-11,15H,2-3,5,7-8H2,1H3,(H,23,28). The molecule has 1 N–H and O–H groups in total. The molecule has 2 bridgehead atoms. The van der Waals surface area contributed by atoms with Gasteiger partial charge in [-0.3, -0.25) is 0 Å². The molecule has 0 saturated carbocycles. The lowest BCUT2D eigenvalue weighted by Gasteiger charge is -2.27. The molecule has 0 radical (unpaired) electrons. The molecule has 1 fully saturated rings. The van der Waals surface area contributed by atoms with Crippen LogP contribution >= 0.6 is 0 Å². The maximum Gasteiger partial charge on any atom is 0.321 e. The van der Waals surface area contributed by atoms with Gasteiger partial charge in [0.25, 0.3) is 0 Å². The molecule has 5 rings (SSSR count). The summed E-state index contributed by atoms with van der Waals surface area (Å²) in [5, 5.41) is 7.11. The Labute approximate surface area is 166 Å². The molecule has 150 valence electrons. The first kappa shape index (κ1) is 17.7. The van der Waals surface area contributed by atoms with Crippen molar-refractivity contribution in [1.82, 2.24) is 24.5 Å². The average Bonchev–Trinajstić information content (AvgIpc) is 3.35. The van der Waals surface area contributed by atoms with E-state index >= 15 is 0 Å². The van der Waals surface area contributed by atoms with Crippen LogP contribution in [-0.2, 0) is 0 Å². The van der Waals surface area contributed by atoms with Crippen molar-refractivity contribution in [1.29, 1.82) is 0 Å². The van der Waals surface area contributed by atoms with Gasteiger partial charge in [0.05, 0.1) is 25.0 Å². The quantitative estimate of drug-likeness (QED) is 0.627. The molecule has 0 aliphatic carbocycles. The van der Waals surface area contributed by atoms with E-state index in [1.165, 1.54) is 11.0 Å².